The van der Waals surface area contributed by atoms with Gasteiger partial charge in [0.15, 0.2) is 0 Å². The molecule has 0 bridgehead atoms. The van der Waals surface area contributed by atoms with E-state index in [-0.39, 0.29) is 0 Å². The van der Waals surface area contributed by atoms with Crippen molar-refractivity contribution in [1.29, 1.82) is 0 Å². The van der Waals surface area contributed by atoms with E-state index in [0.29, 0.717) is 15.7 Å². The molecule has 0 heterocycles. The van der Waals surface area contributed by atoms with Gasteiger partial charge in [-0.1, -0.05) is 23.2 Å². The van der Waals surface area contributed by atoms with Crippen LogP contribution in [0.15, 0.2) is 10.5 Å². The highest BCUT2D eigenvalue weighted by Crippen LogP contribution is 2.36. The maximum atomic E-state index is 5.80. The first-order valence-electron chi connectivity index (χ1n) is 2.93. The van der Waals surface area contributed by atoms with Crippen LogP contribution >= 0.6 is 39.1 Å². The van der Waals surface area contributed by atoms with Crippen LogP contribution in [-0.2, 0) is 0 Å². The highest BCUT2D eigenvalue weighted by atomic mass is 79.9. The number of halogens is 3. The lowest BCUT2D eigenvalue weighted by Crippen LogP contribution is -1.91. The summed E-state index contributed by atoms with van der Waals surface area (Å²) in [7, 11) is 0. The van der Waals surface area contributed by atoms with Crippen LogP contribution in [0.3, 0.4) is 0 Å². The fourth-order valence-corrected chi connectivity index (χ4v) is 1.79. The van der Waals surface area contributed by atoms with E-state index in [0.717, 1.165) is 10.0 Å². The van der Waals surface area contributed by atoms with Crippen LogP contribution in [-0.4, -0.2) is 0 Å². The highest BCUT2D eigenvalue weighted by molar-refractivity contribution is 9.10. The molecule has 0 aliphatic rings. The third-order valence-corrected chi connectivity index (χ3v) is 3.14. The van der Waals surface area contributed by atoms with Crippen molar-refractivity contribution in [3.63, 3.8) is 0 Å². The predicted molar refractivity (Wildman–Crippen MR) is 53.3 cm³/mol. The lowest BCUT2D eigenvalue weighted by Gasteiger charge is -2.05. The van der Waals surface area contributed by atoms with Gasteiger partial charge in [0.25, 0.3) is 0 Å². The van der Waals surface area contributed by atoms with Crippen molar-refractivity contribution in [2.24, 2.45) is 0 Å². The molecule has 0 unspecified atom stereocenters. The van der Waals surface area contributed by atoms with E-state index in [9.17, 15) is 0 Å². The Morgan fingerprint density at radius 1 is 1.36 bits per heavy atom. The molecule has 0 saturated heterocycles. The van der Waals surface area contributed by atoms with Gasteiger partial charge >= 0.3 is 0 Å². The van der Waals surface area contributed by atoms with Crippen molar-refractivity contribution in [3.8, 4) is 0 Å². The van der Waals surface area contributed by atoms with Crippen LogP contribution < -0.4 is 5.73 Å². The SMILES string of the molecule is Cc1cc(Br)c(Cl)c(Cl)c1N. The molecule has 4 heteroatoms. The lowest BCUT2D eigenvalue weighted by molar-refractivity contribution is 1.45. The Labute approximate surface area is 83.6 Å². The second-order valence-corrected chi connectivity index (χ2v) is 3.83. The van der Waals surface area contributed by atoms with Crippen LogP contribution in [0.2, 0.25) is 10.0 Å². The van der Waals surface area contributed by atoms with Crippen LogP contribution in [0.1, 0.15) is 5.56 Å². The monoisotopic (exact) mass is 253 g/mol. The molecule has 0 aliphatic carbocycles. The van der Waals surface area contributed by atoms with Gasteiger partial charge in [0, 0.05) is 4.47 Å². The smallest absolute Gasteiger partial charge is 0.0835 e. The summed E-state index contributed by atoms with van der Waals surface area (Å²) in [5.74, 6) is 0. The molecule has 0 radical (unpaired) electrons. The number of anilines is 1. The van der Waals surface area contributed by atoms with E-state index in [1.807, 2.05) is 13.0 Å². The number of nitrogen functional groups attached to an aromatic ring is 1. The maximum Gasteiger partial charge on any atom is 0.0835 e. The Bertz CT molecular complexity index is 273. The Balaban J connectivity index is 3.46. The van der Waals surface area contributed by atoms with Gasteiger partial charge in [0.2, 0.25) is 0 Å². The minimum atomic E-state index is 0.415. The van der Waals surface area contributed by atoms with Crippen molar-refractivity contribution < 1.29 is 0 Å². The van der Waals surface area contributed by atoms with E-state index < -0.39 is 0 Å². The van der Waals surface area contributed by atoms with Crippen LogP contribution in [0.4, 0.5) is 5.69 Å². The summed E-state index contributed by atoms with van der Waals surface area (Å²) in [4.78, 5) is 0. The predicted octanol–water partition coefficient (Wildman–Crippen LogP) is 3.65. The topological polar surface area (TPSA) is 26.0 Å². The van der Waals surface area contributed by atoms with E-state index >= 15 is 0 Å². The lowest BCUT2D eigenvalue weighted by atomic mass is 10.2. The molecule has 2 N–H and O–H groups in total. The van der Waals surface area contributed by atoms with Gasteiger partial charge in [-0.2, -0.15) is 0 Å². The first kappa shape index (κ1) is 9.17. The summed E-state index contributed by atoms with van der Waals surface area (Å²) in [6.07, 6.45) is 0. The minimum Gasteiger partial charge on any atom is -0.397 e. The van der Waals surface area contributed by atoms with Crippen molar-refractivity contribution in [2.75, 3.05) is 5.73 Å². The molecule has 1 aromatic rings. The molecular formula is C7H6BrCl2N. The fraction of sp³-hybridized carbons (Fsp3) is 0.143. The first-order valence-corrected chi connectivity index (χ1v) is 4.48. The number of aryl methyl sites for hydroxylation is 1. The average Bonchev–Trinajstić information content (AvgIpc) is 1.97. The third-order valence-electron chi connectivity index (χ3n) is 1.41. The molecule has 0 fully saturated rings. The summed E-state index contributed by atoms with van der Waals surface area (Å²) in [6.45, 7) is 1.88. The molecule has 60 valence electrons. The standard InChI is InChI=1S/C7H6BrCl2N/c1-3-2-4(8)5(9)6(10)7(3)11/h2H,11H2,1H3. The Morgan fingerprint density at radius 3 is 2.45 bits per heavy atom. The average molecular weight is 255 g/mol. The summed E-state index contributed by atoms with van der Waals surface area (Å²) in [5.41, 5.74) is 7.08. The molecule has 0 amide bonds. The van der Waals surface area contributed by atoms with Gasteiger partial charge < -0.3 is 5.73 Å². The third kappa shape index (κ3) is 1.63. The van der Waals surface area contributed by atoms with Crippen LogP contribution in [0.25, 0.3) is 0 Å². The molecule has 11 heavy (non-hydrogen) atoms. The van der Waals surface area contributed by atoms with Crippen LogP contribution in [0, 0.1) is 6.92 Å². The number of hydrogen-bond acceptors (Lipinski definition) is 1. The van der Waals surface area contributed by atoms with Crippen molar-refractivity contribution in [3.05, 3.63) is 26.1 Å². The molecule has 0 spiro atoms. The van der Waals surface area contributed by atoms with E-state index in [1.165, 1.54) is 0 Å². The van der Waals surface area contributed by atoms with E-state index in [1.54, 1.807) is 0 Å². The molecule has 1 aromatic carbocycles. The second kappa shape index (κ2) is 3.21. The largest absolute Gasteiger partial charge is 0.397 e. The molecule has 0 saturated carbocycles. The summed E-state index contributed by atoms with van der Waals surface area (Å²) >= 11 is 14.9. The van der Waals surface area contributed by atoms with E-state index in [4.69, 9.17) is 28.9 Å². The molecule has 1 nitrogen and oxygen atoms in total. The first-order chi connectivity index (χ1) is 5.04. The number of benzene rings is 1. The Hall–Kier alpha value is 0.0800. The van der Waals surface area contributed by atoms with Crippen molar-refractivity contribution in [1.82, 2.24) is 0 Å². The summed E-state index contributed by atoms with van der Waals surface area (Å²) < 4.78 is 0.774. The quantitative estimate of drug-likeness (QED) is 0.555. The van der Waals surface area contributed by atoms with Gasteiger partial charge in [-0.05, 0) is 34.5 Å². The van der Waals surface area contributed by atoms with Gasteiger partial charge in [-0.3, -0.25) is 0 Å². The van der Waals surface area contributed by atoms with Gasteiger partial charge in [0.05, 0.1) is 15.7 Å². The summed E-state index contributed by atoms with van der Waals surface area (Å²) in [5, 5.41) is 0.883. The normalized spacial score (nSPS) is 10.2. The molecule has 0 aliphatic heterocycles. The Kier molecular flexibility index (Phi) is 2.68. The summed E-state index contributed by atoms with van der Waals surface area (Å²) in [6, 6.07) is 1.84. The zero-order chi connectivity index (χ0) is 8.59. The van der Waals surface area contributed by atoms with Gasteiger partial charge in [-0.15, -0.1) is 0 Å². The van der Waals surface area contributed by atoms with Crippen LogP contribution in [0.5, 0.6) is 0 Å². The van der Waals surface area contributed by atoms with Crippen molar-refractivity contribution in [2.45, 2.75) is 6.92 Å². The number of hydrogen-bond donors (Lipinski definition) is 1. The number of rotatable bonds is 0. The Morgan fingerprint density at radius 2 is 1.91 bits per heavy atom. The second-order valence-electron chi connectivity index (χ2n) is 2.22. The molecule has 1 rings (SSSR count). The van der Waals surface area contributed by atoms with E-state index in [2.05, 4.69) is 15.9 Å². The van der Waals surface area contributed by atoms with Gasteiger partial charge in [-0.25, -0.2) is 0 Å². The zero-order valence-corrected chi connectivity index (χ0v) is 8.89. The maximum absolute atomic E-state index is 5.80. The number of nitrogens with two attached hydrogens (primary N) is 1. The molecule has 0 aromatic heterocycles. The molecular weight excluding hydrogens is 249 g/mol. The zero-order valence-electron chi connectivity index (χ0n) is 5.79. The van der Waals surface area contributed by atoms with Gasteiger partial charge in [0.1, 0.15) is 0 Å². The highest BCUT2D eigenvalue weighted by Gasteiger charge is 2.08. The molecule has 0 atom stereocenters. The van der Waals surface area contributed by atoms with Crippen molar-refractivity contribution >= 4 is 44.8 Å². The fourth-order valence-electron chi connectivity index (χ4n) is 0.727. The minimum absolute atomic E-state index is 0.415.